The van der Waals surface area contributed by atoms with Gasteiger partial charge in [0.25, 0.3) is 0 Å². The van der Waals surface area contributed by atoms with E-state index < -0.39 is 0 Å². The van der Waals surface area contributed by atoms with Crippen LogP contribution in [0, 0.1) is 7.14 Å². The quantitative estimate of drug-likeness (QED) is 0.722. The fraction of sp³-hybridized carbons (Fsp3) is 0.222. The third-order valence-electron chi connectivity index (χ3n) is 1.86. The van der Waals surface area contributed by atoms with Gasteiger partial charge in [-0.25, -0.2) is 0 Å². The lowest BCUT2D eigenvalue weighted by molar-refractivity contribution is 0.960. The normalized spacial score (nSPS) is 15.4. The molecule has 0 amide bonds. The average molecular weight is 398 g/mol. The van der Waals surface area contributed by atoms with E-state index in [1.165, 1.54) is 12.7 Å². The molecule has 68 valence electrons. The molecule has 13 heavy (non-hydrogen) atoms. The molecule has 2 rings (SSSR count). The molecule has 0 spiro atoms. The topological polar surface area (TPSA) is 24.4 Å². The Morgan fingerprint density at radius 1 is 1.31 bits per heavy atom. The van der Waals surface area contributed by atoms with Crippen molar-refractivity contribution in [3.05, 3.63) is 30.9 Å². The van der Waals surface area contributed by atoms with Crippen molar-refractivity contribution < 1.29 is 0 Å². The zero-order valence-electron chi connectivity index (χ0n) is 6.85. The molecule has 0 saturated carbocycles. The lowest BCUT2D eigenvalue weighted by atomic mass is 10.2. The first-order valence-corrected chi connectivity index (χ1v) is 6.17. The lowest BCUT2D eigenvalue weighted by Crippen LogP contribution is -2.20. The molecule has 1 heterocycles. The Morgan fingerprint density at radius 3 is 2.85 bits per heavy atom. The molecular formula is C9H8I2N2. The summed E-state index contributed by atoms with van der Waals surface area (Å²) in [5, 5.41) is 3.28. The molecule has 0 aliphatic carbocycles. The van der Waals surface area contributed by atoms with Crippen LogP contribution in [-0.2, 0) is 0 Å². The summed E-state index contributed by atoms with van der Waals surface area (Å²) in [4.78, 5) is 4.41. The first-order chi connectivity index (χ1) is 6.27. The van der Waals surface area contributed by atoms with Gasteiger partial charge in [-0.1, -0.05) is 0 Å². The molecule has 1 N–H and O–H groups in total. The third-order valence-corrected chi connectivity index (χ3v) is 3.47. The summed E-state index contributed by atoms with van der Waals surface area (Å²) in [6.07, 6.45) is 0. The monoisotopic (exact) mass is 398 g/mol. The van der Waals surface area contributed by atoms with E-state index in [0.717, 1.165) is 18.9 Å². The molecule has 0 saturated heterocycles. The lowest BCUT2D eigenvalue weighted by Gasteiger charge is -2.05. The second kappa shape index (κ2) is 4.12. The van der Waals surface area contributed by atoms with Gasteiger partial charge >= 0.3 is 0 Å². The third kappa shape index (κ3) is 2.15. The molecule has 0 radical (unpaired) electrons. The van der Waals surface area contributed by atoms with Crippen molar-refractivity contribution in [1.29, 1.82) is 0 Å². The summed E-state index contributed by atoms with van der Waals surface area (Å²) >= 11 is 4.66. The number of rotatable bonds is 1. The van der Waals surface area contributed by atoms with Gasteiger partial charge in [-0.05, 0) is 63.4 Å². The number of hydrogen-bond acceptors (Lipinski definition) is 2. The van der Waals surface area contributed by atoms with Crippen molar-refractivity contribution in [2.75, 3.05) is 13.1 Å². The molecule has 0 bridgehead atoms. The first kappa shape index (κ1) is 9.70. The number of nitrogens with zero attached hydrogens (tertiary/aromatic N) is 1. The van der Waals surface area contributed by atoms with Gasteiger partial charge < -0.3 is 5.32 Å². The first-order valence-electron chi connectivity index (χ1n) is 4.01. The van der Waals surface area contributed by atoms with Crippen LogP contribution in [-0.4, -0.2) is 18.9 Å². The zero-order valence-corrected chi connectivity index (χ0v) is 11.2. The summed E-state index contributed by atoms with van der Waals surface area (Å²) in [6.45, 7) is 1.87. The highest BCUT2D eigenvalue weighted by atomic mass is 127. The maximum absolute atomic E-state index is 4.41. The summed E-state index contributed by atoms with van der Waals surface area (Å²) < 4.78 is 2.51. The van der Waals surface area contributed by atoms with Crippen LogP contribution in [0.1, 0.15) is 5.56 Å². The van der Waals surface area contributed by atoms with E-state index in [-0.39, 0.29) is 0 Å². The summed E-state index contributed by atoms with van der Waals surface area (Å²) in [5.41, 5.74) is 1.23. The number of nitrogens with one attached hydrogen (secondary N) is 1. The zero-order chi connectivity index (χ0) is 9.26. The average Bonchev–Trinajstić information content (AvgIpc) is 2.61. The van der Waals surface area contributed by atoms with Gasteiger partial charge in [0.1, 0.15) is 5.84 Å². The van der Waals surface area contributed by atoms with Crippen molar-refractivity contribution >= 4 is 51.0 Å². The van der Waals surface area contributed by atoms with Crippen molar-refractivity contribution in [3.63, 3.8) is 0 Å². The highest BCUT2D eigenvalue weighted by molar-refractivity contribution is 14.1. The Kier molecular flexibility index (Phi) is 3.07. The highest BCUT2D eigenvalue weighted by Crippen LogP contribution is 2.17. The van der Waals surface area contributed by atoms with E-state index in [2.05, 4.69) is 73.7 Å². The maximum atomic E-state index is 4.41. The number of hydrogen-bond donors (Lipinski definition) is 1. The second-order valence-corrected chi connectivity index (χ2v) is 5.19. The van der Waals surface area contributed by atoms with Crippen molar-refractivity contribution in [2.45, 2.75) is 0 Å². The minimum Gasteiger partial charge on any atom is -0.368 e. The van der Waals surface area contributed by atoms with Gasteiger partial charge in [-0.2, -0.15) is 0 Å². The van der Waals surface area contributed by atoms with Gasteiger partial charge in [0, 0.05) is 19.2 Å². The van der Waals surface area contributed by atoms with Gasteiger partial charge in [0.2, 0.25) is 0 Å². The van der Waals surface area contributed by atoms with E-state index >= 15 is 0 Å². The molecule has 0 aromatic heterocycles. The van der Waals surface area contributed by atoms with Crippen LogP contribution in [0.5, 0.6) is 0 Å². The summed E-state index contributed by atoms with van der Waals surface area (Å²) in [5.74, 6) is 1.04. The van der Waals surface area contributed by atoms with Crippen molar-refractivity contribution in [2.24, 2.45) is 4.99 Å². The Morgan fingerprint density at radius 2 is 2.15 bits per heavy atom. The van der Waals surface area contributed by atoms with Gasteiger partial charge in [-0.3, -0.25) is 4.99 Å². The van der Waals surface area contributed by atoms with E-state index in [1.54, 1.807) is 0 Å². The molecule has 0 unspecified atom stereocenters. The van der Waals surface area contributed by atoms with E-state index in [1.807, 2.05) is 0 Å². The van der Waals surface area contributed by atoms with E-state index in [0.29, 0.717) is 0 Å². The van der Waals surface area contributed by atoms with E-state index in [4.69, 9.17) is 0 Å². The highest BCUT2D eigenvalue weighted by Gasteiger charge is 2.11. The smallest absolute Gasteiger partial charge is 0.129 e. The van der Waals surface area contributed by atoms with Crippen LogP contribution in [0.4, 0.5) is 0 Å². The molecule has 4 heteroatoms. The second-order valence-electron chi connectivity index (χ2n) is 2.78. The van der Waals surface area contributed by atoms with Crippen LogP contribution in [0.2, 0.25) is 0 Å². The van der Waals surface area contributed by atoms with Crippen LogP contribution >= 0.6 is 45.2 Å². The van der Waals surface area contributed by atoms with Gasteiger partial charge in [0.05, 0.1) is 6.54 Å². The minimum atomic E-state index is 0.900. The van der Waals surface area contributed by atoms with Crippen molar-refractivity contribution in [3.8, 4) is 0 Å². The molecular weight excluding hydrogens is 390 g/mol. The number of halogens is 2. The molecule has 1 aromatic rings. The summed E-state index contributed by atoms with van der Waals surface area (Å²) in [7, 11) is 0. The number of benzene rings is 1. The molecule has 0 fully saturated rings. The minimum absolute atomic E-state index is 0.900. The van der Waals surface area contributed by atoms with Gasteiger partial charge in [-0.15, -0.1) is 0 Å². The molecule has 1 aliphatic rings. The number of amidine groups is 1. The molecule has 1 aliphatic heterocycles. The summed E-state index contributed by atoms with van der Waals surface area (Å²) in [6, 6.07) is 6.40. The standard InChI is InChI=1S/C9H8I2N2/c10-6-1-2-8(11)7(5-6)9-12-3-4-13-9/h1-2,5H,3-4H2,(H,12,13). The Bertz CT molecular complexity index is 361. The Labute approximate surface area is 104 Å². The SMILES string of the molecule is Ic1ccc(I)c(C2=NCCN2)c1. The predicted octanol–water partition coefficient (Wildman–Crippen LogP) is 2.25. The number of aliphatic imine (C=N–C) groups is 1. The fourth-order valence-corrected chi connectivity index (χ4v) is 2.34. The Balaban J connectivity index is 2.43. The van der Waals surface area contributed by atoms with Crippen LogP contribution in [0.15, 0.2) is 23.2 Å². The van der Waals surface area contributed by atoms with E-state index in [9.17, 15) is 0 Å². The molecule has 0 atom stereocenters. The van der Waals surface area contributed by atoms with Gasteiger partial charge in [0.15, 0.2) is 0 Å². The largest absolute Gasteiger partial charge is 0.368 e. The van der Waals surface area contributed by atoms with Crippen molar-refractivity contribution in [1.82, 2.24) is 5.32 Å². The van der Waals surface area contributed by atoms with Crippen LogP contribution < -0.4 is 5.32 Å². The maximum Gasteiger partial charge on any atom is 0.129 e. The van der Waals surface area contributed by atoms with Crippen LogP contribution in [0.3, 0.4) is 0 Å². The molecule has 1 aromatic carbocycles. The van der Waals surface area contributed by atoms with Crippen LogP contribution in [0.25, 0.3) is 0 Å². The molecule has 2 nitrogen and oxygen atoms in total. The fourth-order valence-electron chi connectivity index (χ4n) is 1.26. The predicted molar refractivity (Wildman–Crippen MR) is 71.3 cm³/mol. The Hall–Kier alpha value is 0.150.